The van der Waals surface area contributed by atoms with Crippen LogP contribution in [-0.2, 0) is 26.6 Å². The third-order valence-electron chi connectivity index (χ3n) is 6.61. The molecule has 1 aromatic carbocycles. The number of nitrogens with zero attached hydrogens (tertiary/aromatic N) is 4. The van der Waals surface area contributed by atoms with Crippen molar-refractivity contribution in [3.05, 3.63) is 52.3 Å². The third-order valence-corrected chi connectivity index (χ3v) is 6.61. The summed E-state index contributed by atoms with van der Waals surface area (Å²) in [5.41, 5.74) is 6.41. The monoisotopic (exact) mass is 552 g/mol. The molecule has 178 valence electrons. The lowest BCUT2D eigenvalue weighted by atomic mass is 9.98. The molecule has 1 unspecified atom stereocenters. The van der Waals surface area contributed by atoms with Gasteiger partial charge in [0.15, 0.2) is 5.96 Å². The first-order valence-corrected chi connectivity index (χ1v) is 11.6. The minimum atomic E-state index is 0. The molecule has 1 atom stereocenters. The minimum absolute atomic E-state index is 0. The average Bonchev–Trinajstić information content (AvgIpc) is 2.99. The van der Waals surface area contributed by atoms with Gasteiger partial charge in [-0.25, -0.2) is 0 Å². The number of hydrogen-bond acceptors (Lipinski definition) is 3. The van der Waals surface area contributed by atoms with Crippen LogP contribution in [0.15, 0.2) is 29.3 Å². The second kappa shape index (κ2) is 12.6. The number of nitrogens with one attached hydrogen (secondary N) is 2. The van der Waals surface area contributed by atoms with E-state index in [4.69, 9.17) is 0 Å². The molecular formula is C25H41IN6. The van der Waals surface area contributed by atoms with Crippen molar-refractivity contribution in [1.29, 1.82) is 0 Å². The maximum atomic E-state index is 4.54. The predicted molar refractivity (Wildman–Crippen MR) is 145 cm³/mol. The Labute approximate surface area is 211 Å². The first-order chi connectivity index (χ1) is 14.9. The number of aryl methyl sites for hydroxylation is 2. The molecule has 1 saturated heterocycles. The number of rotatable bonds is 7. The van der Waals surface area contributed by atoms with Crippen LogP contribution in [-0.4, -0.2) is 46.8 Å². The fourth-order valence-electron chi connectivity index (χ4n) is 4.42. The summed E-state index contributed by atoms with van der Waals surface area (Å²) < 4.78 is 1.96. The summed E-state index contributed by atoms with van der Waals surface area (Å²) in [4.78, 5) is 7.04. The zero-order valence-electron chi connectivity index (χ0n) is 20.6. The van der Waals surface area contributed by atoms with Gasteiger partial charge in [0.25, 0.3) is 0 Å². The average molecular weight is 553 g/mol. The summed E-state index contributed by atoms with van der Waals surface area (Å²) in [5.74, 6) is 1.71. The summed E-state index contributed by atoms with van der Waals surface area (Å²) in [6, 6.07) is 9.04. The van der Waals surface area contributed by atoms with Crippen LogP contribution in [0.5, 0.6) is 0 Å². The highest BCUT2D eigenvalue weighted by Gasteiger charge is 2.17. The number of piperidine rings is 1. The standard InChI is InChI=1S/C25H40N6.HI/c1-18-11-13-31(14-12-18)17-23-10-8-7-9-22(23)16-27-25(26-5)28-19(2)15-24-20(3)29-30(6)21(24)4;/h7-10,18-19H,11-17H2,1-6H3,(H2,26,27,28);1H. The largest absolute Gasteiger partial charge is 0.354 e. The van der Waals surface area contributed by atoms with Gasteiger partial charge in [0.1, 0.15) is 0 Å². The van der Waals surface area contributed by atoms with Crippen LogP contribution >= 0.6 is 24.0 Å². The third kappa shape index (κ3) is 7.20. The molecule has 2 heterocycles. The molecular weight excluding hydrogens is 511 g/mol. The van der Waals surface area contributed by atoms with Crippen molar-refractivity contribution in [3.8, 4) is 0 Å². The van der Waals surface area contributed by atoms with Crippen molar-refractivity contribution < 1.29 is 0 Å². The van der Waals surface area contributed by atoms with E-state index in [2.05, 4.69) is 77.6 Å². The fraction of sp³-hybridized carbons (Fsp3) is 0.600. The highest BCUT2D eigenvalue weighted by Crippen LogP contribution is 2.20. The van der Waals surface area contributed by atoms with E-state index in [0.29, 0.717) is 0 Å². The quantitative estimate of drug-likeness (QED) is 0.308. The second-order valence-corrected chi connectivity index (χ2v) is 9.18. The first kappa shape index (κ1) is 26.6. The van der Waals surface area contributed by atoms with E-state index >= 15 is 0 Å². The van der Waals surface area contributed by atoms with E-state index < -0.39 is 0 Å². The number of hydrogen-bond donors (Lipinski definition) is 2. The molecule has 0 amide bonds. The molecule has 0 saturated carbocycles. The number of guanidine groups is 1. The Morgan fingerprint density at radius 1 is 1.19 bits per heavy atom. The Morgan fingerprint density at radius 3 is 2.44 bits per heavy atom. The van der Waals surface area contributed by atoms with Crippen LogP contribution in [0.3, 0.4) is 0 Å². The Hall–Kier alpha value is -1.61. The Kier molecular flexibility index (Phi) is 10.5. The van der Waals surface area contributed by atoms with Crippen LogP contribution in [0, 0.1) is 19.8 Å². The van der Waals surface area contributed by atoms with E-state index in [9.17, 15) is 0 Å². The number of likely N-dealkylation sites (tertiary alicyclic amines) is 1. The summed E-state index contributed by atoms with van der Waals surface area (Å²) in [6.07, 6.45) is 3.55. The van der Waals surface area contributed by atoms with Gasteiger partial charge in [-0.2, -0.15) is 5.10 Å². The van der Waals surface area contributed by atoms with Gasteiger partial charge in [-0.05, 0) is 75.7 Å². The van der Waals surface area contributed by atoms with Crippen molar-refractivity contribution in [2.24, 2.45) is 18.0 Å². The van der Waals surface area contributed by atoms with E-state index in [0.717, 1.165) is 37.1 Å². The molecule has 1 aliphatic rings. The lowest BCUT2D eigenvalue weighted by Gasteiger charge is -2.30. The van der Waals surface area contributed by atoms with Crippen molar-refractivity contribution in [1.82, 2.24) is 25.3 Å². The molecule has 1 aliphatic heterocycles. The summed E-state index contributed by atoms with van der Waals surface area (Å²) >= 11 is 0. The van der Waals surface area contributed by atoms with Crippen molar-refractivity contribution in [3.63, 3.8) is 0 Å². The maximum absolute atomic E-state index is 4.54. The molecule has 2 N–H and O–H groups in total. The van der Waals surface area contributed by atoms with E-state index in [1.54, 1.807) is 0 Å². The molecule has 1 aromatic heterocycles. The van der Waals surface area contributed by atoms with Crippen molar-refractivity contribution >= 4 is 29.9 Å². The van der Waals surface area contributed by atoms with Gasteiger partial charge in [-0.3, -0.25) is 14.6 Å². The molecule has 7 heteroatoms. The van der Waals surface area contributed by atoms with Gasteiger partial charge in [0.2, 0.25) is 0 Å². The van der Waals surface area contributed by atoms with E-state index in [1.807, 2.05) is 18.8 Å². The summed E-state index contributed by atoms with van der Waals surface area (Å²) in [6.45, 7) is 13.0. The molecule has 0 radical (unpaired) electrons. The van der Waals surface area contributed by atoms with Gasteiger partial charge < -0.3 is 10.6 Å². The molecule has 0 aliphatic carbocycles. The van der Waals surface area contributed by atoms with E-state index in [-0.39, 0.29) is 30.0 Å². The number of benzene rings is 1. The lowest BCUT2D eigenvalue weighted by molar-refractivity contribution is 0.185. The smallest absolute Gasteiger partial charge is 0.191 e. The fourth-order valence-corrected chi connectivity index (χ4v) is 4.42. The van der Waals surface area contributed by atoms with Crippen molar-refractivity contribution in [2.45, 2.75) is 66.1 Å². The van der Waals surface area contributed by atoms with E-state index in [1.165, 1.54) is 48.3 Å². The zero-order valence-corrected chi connectivity index (χ0v) is 22.9. The van der Waals surface area contributed by atoms with Crippen LogP contribution in [0.1, 0.15) is 54.8 Å². The van der Waals surface area contributed by atoms with Gasteiger partial charge in [0, 0.05) is 38.9 Å². The van der Waals surface area contributed by atoms with Gasteiger partial charge in [-0.1, -0.05) is 31.2 Å². The number of halogens is 1. The minimum Gasteiger partial charge on any atom is -0.354 e. The van der Waals surface area contributed by atoms with Crippen LogP contribution in [0.25, 0.3) is 0 Å². The normalized spacial score (nSPS) is 16.5. The van der Waals surface area contributed by atoms with Crippen LogP contribution < -0.4 is 10.6 Å². The SMILES string of the molecule is CN=C(NCc1ccccc1CN1CCC(C)CC1)NC(C)Cc1c(C)nn(C)c1C.I. The first-order valence-electron chi connectivity index (χ1n) is 11.6. The molecule has 32 heavy (non-hydrogen) atoms. The summed E-state index contributed by atoms with van der Waals surface area (Å²) in [7, 11) is 3.84. The topological polar surface area (TPSA) is 57.5 Å². The predicted octanol–water partition coefficient (Wildman–Crippen LogP) is 4.18. The highest BCUT2D eigenvalue weighted by atomic mass is 127. The molecule has 2 aromatic rings. The molecule has 1 fully saturated rings. The van der Waals surface area contributed by atoms with Gasteiger partial charge >= 0.3 is 0 Å². The lowest BCUT2D eigenvalue weighted by Crippen LogP contribution is -2.43. The van der Waals surface area contributed by atoms with Crippen LogP contribution in [0.4, 0.5) is 0 Å². The van der Waals surface area contributed by atoms with Gasteiger partial charge in [0.05, 0.1) is 5.69 Å². The Balaban J connectivity index is 0.00000363. The molecule has 0 bridgehead atoms. The number of aromatic nitrogens is 2. The Morgan fingerprint density at radius 2 is 1.84 bits per heavy atom. The maximum Gasteiger partial charge on any atom is 0.191 e. The number of aliphatic imine (C=N–C) groups is 1. The molecule has 0 spiro atoms. The molecule has 3 rings (SSSR count). The van der Waals surface area contributed by atoms with Gasteiger partial charge in [-0.15, -0.1) is 24.0 Å². The zero-order chi connectivity index (χ0) is 22.4. The van der Waals surface area contributed by atoms with Crippen molar-refractivity contribution in [2.75, 3.05) is 20.1 Å². The highest BCUT2D eigenvalue weighted by molar-refractivity contribution is 14.0. The Bertz CT molecular complexity index is 883. The molecule has 6 nitrogen and oxygen atoms in total. The summed E-state index contributed by atoms with van der Waals surface area (Å²) in [5, 5.41) is 11.6. The van der Waals surface area contributed by atoms with Crippen LogP contribution in [0.2, 0.25) is 0 Å². The second-order valence-electron chi connectivity index (χ2n) is 9.18.